The Balaban J connectivity index is 2.32. The van der Waals surface area contributed by atoms with E-state index < -0.39 is 0 Å². The molecule has 0 saturated heterocycles. The molecule has 0 aliphatic rings. The van der Waals surface area contributed by atoms with Gasteiger partial charge in [-0.2, -0.15) is 0 Å². The molecule has 0 spiro atoms. The smallest absolute Gasteiger partial charge is 0.146 e. The highest BCUT2D eigenvalue weighted by molar-refractivity contribution is 5.45. The molecule has 1 aromatic heterocycles. The molecule has 0 saturated carbocycles. The highest BCUT2D eigenvalue weighted by atomic mass is 16.5. The van der Waals surface area contributed by atoms with Crippen LogP contribution < -0.4 is 16.0 Å². The van der Waals surface area contributed by atoms with Crippen molar-refractivity contribution in [1.82, 2.24) is 9.97 Å². The van der Waals surface area contributed by atoms with Gasteiger partial charge in [-0.3, -0.25) is 0 Å². The first-order valence-electron chi connectivity index (χ1n) is 6.63. The number of rotatable bonds is 5. The zero-order valence-electron chi connectivity index (χ0n) is 12.1. The Hall–Kier alpha value is -2.14. The number of nitrogens with one attached hydrogen (secondary N) is 1. The van der Waals surface area contributed by atoms with E-state index in [2.05, 4.69) is 22.3 Å². The number of nitrogens with two attached hydrogens (primary N) is 1. The van der Waals surface area contributed by atoms with Crippen LogP contribution in [0.1, 0.15) is 29.6 Å². The van der Waals surface area contributed by atoms with Crippen molar-refractivity contribution in [2.45, 2.75) is 26.7 Å². The van der Waals surface area contributed by atoms with Gasteiger partial charge in [0.05, 0.1) is 7.11 Å². The third-order valence-corrected chi connectivity index (χ3v) is 3.26. The molecule has 0 bridgehead atoms. The van der Waals surface area contributed by atoms with Gasteiger partial charge in [0.2, 0.25) is 0 Å². The Morgan fingerprint density at radius 1 is 1.30 bits per heavy atom. The van der Waals surface area contributed by atoms with E-state index in [4.69, 9.17) is 10.6 Å². The van der Waals surface area contributed by atoms with Crippen LogP contribution in [-0.2, 0) is 12.8 Å². The third kappa shape index (κ3) is 3.05. The number of benzene rings is 1. The fourth-order valence-electron chi connectivity index (χ4n) is 2.14. The molecule has 5 nitrogen and oxygen atoms in total. The highest BCUT2D eigenvalue weighted by Crippen LogP contribution is 2.18. The Morgan fingerprint density at radius 2 is 2.10 bits per heavy atom. The summed E-state index contributed by atoms with van der Waals surface area (Å²) in [6.07, 6.45) is 1.51. The molecule has 0 atom stereocenters. The summed E-state index contributed by atoms with van der Waals surface area (Å²) in [6, 6.07) is 7.91. The average Bonchev–Trinajstić information content (AvgIpc) is 2.49. The lowest BCUT2D eigenvalue weighted by Crippen LogP contribution is -2.14. The summed E-state index contributed by atoms with van der Waals surface area (Å²) in [7, 11) is 1.66. The summed E-state index contributed by atoms with van der Waals surface area (Å²) in [5.74, 6) is 7.81. The lowest BCUT2D eigenvalue weighted by atomic mass is 10.1. The number of anilines is 1. The van der Waals surface area contributed by atoms with Gasteiger partial charge in [-0.25, -0.2) is 15.8 Å². The molecule has 5 heteroatoms. The van der Waals surface area contributed by atoms with Crippen molar-refractivity contribution in [3.8, 4) is 5.75 Å². The molecule has 0 aliphatic carbocycles. The second kappa shape index (κ2) is 6.34. The number of ether oxygens (including phenoxy) is 1. The summed E-state index contributed by atoms with van der Waals surface area (Å²) in [5, 5.41) is 0. The van der Waals surface area contributed by atoms with Crippen molar-refractivity contribution in [1.29, 1.82) is 0 Å². The summed E-state index contributed by atoms with van der Waals surface area (Å²) in [4.78, 5) is 9.06. The maximum absolute atomic E-state index is 5.52. The Kier molecular flexibility index (Phi) is 4.53. The molecule has 0 aliphatic heterocycles. The fraction of sp³-hybridized carbons (Fsp3) is 0.333. The number of aryl methyl sites for hydroxylation is 1. The maximum atomic E-state index is 5.52. The Labute approximate surface area is 119 Å². The number of aromatic nitrogens is 2. The monoisotopic (exact) mass is 272 g/mol. The van der Waals surface area contributed by atoms with Gasteiger partial charge in [-0.05, 0) is 31.0 Å². The van der Waals surface area contributed by atoms with Crippen LogP contribution in [0.15, 0.2) is 24.3 Å². The molecule has 1 heterocycles. The lowest BCUT2D eigenvalue weighted by molar-refractivity contribution is 0.414. The largest absolute Gasteiger partial charge is 0.497 e. The molecular formula is C15H20N4O. The summed E-state index contributed by atoms with van der Waals surface area (Å²) in [5.41, 5.74) is 5.78. The minimum Gasteiger partial charge on any atom is -0.497 e. The molecule has 0 fully saturated rings. The SMILES string of the molecule is CCc1nc(Cc2cccc(OC)c2)nc(NN)c1C. The lowest BCUT2D eigenvalue weighted by Gasteiger charge is -2.11. The first kappa shape index (κ1) is 14.3. The summed E-state index contributed by atoms with van der Waals surface area (Å²) < 4.78 is 5.23. The van der Waals surface area contributed by atoms with Gasteiger partial charge in [0.25, 0.3) is 0 Å². The summed E-state index contributed by atoms with van der Waals surface area (Å²) in [6.45, 7) is 4.05. The van der Waals surface area contributed by atoms with E-state index in [9.17, 15) is 0 Å². The van der Waals surface area contributed by atoms with E-state index in [-0.39, 0.29) is 0 Å². The van der Waals surface area contributed by atoms with Crippen molar-refractivity contribution in [2.24, 2.45) is 5.84 Å². The van der Waals surface area contributed by atoms with E-state index in [1.54, 1.807) is 7.11 Å². The van der Waals surface area contributed by atoms with Crippen LogP contribution in [0.4, 0.5) is 5.82 Å². The van der Waals surface area contributed by atoms with Crippen LogP contribution in [0.3, 0.4) is 0 Å². The number of hydrazine groups is 1. The van der Waals surface area contributed by atoms with Crippen molar-refractivity contribution in [2.75, 3.05) is 12.5 Å². The first-order chi connectivity index (χ1) is 9.67. The third-order valence-electron chi connectivity index (χ3n) is 3.26. The first-order valence-corrected chi connectivity index (χ1v) is 6.63. The van der Waals surface area contributed by atoms with Gasteiger partial charge in [-0.1, -0.05) is 19.1 Å². The molecule has 3 N–H and O–H groups in total. The number of nitrogens with zero attached hydrogens (tertiary/aromatic N) is 2. The van der Waals surface area contributed by atoms with E-state index in [0.29, 0.717) is 12.2 Å². The van der Waals surface area contributed by atoms with E-state index in [0.717, 1.165) is 34.8 Å². The van der Waals surface area contributed by atoms with Crippen LogP contribution >= 0.6 is 0 Å². The predicted octanol–water partition coefficient (Wildman–Crippen LogP) is 2.23. The van der Waals surface area contributed by atoms with E-state index >= 15 is 0 Å². The quantitative estimate of drug-likeness (QED) is 0.645. The summed E-state index contributed by atoms with van der Waals surface area (Å²) >= 11 is 0. The van der Waals surface area contributed by atoms with Crippen molar-refractivity contribution < 1.29 is 4.74 Å². The van der Waals surface area contributed by atoms with Gasteiger partial charge in [0.1, 0.15) is 17.4 Å². The minimum absolute atomic E-state index is 0.652. The van der Waals surface area contributed by atoms with Crippen LogP contribution in [0, 0.1) is 6.92 Å². The zero-order valence-corrected chi connectivity index (χ0v) is 12.1. The minimum atomic E-state index is 0.652. The second-order valence-corrected chi connectivity index (χ2v) is 4.59. The molecule has 2 aromatic rings. The van der Waals surface area contributed by atoms with Crippen LogP contribution in [0.5, 0.6) is 5.75 Å². The van der Waals surface area contributed by atoms with Crippen molar-refractivity contribution >= 4 is 5.82 Å². The van der Waals surface area contributed by atoms with E-state index in [1.807, 2.05) is 31.2 Å². The molecule has 0 radical (unpaired) electrons. The Morgan fingerprint density at radius 3 is 2.75 bits per heavy atom. The van der Waals surface area contributed by atoms with Gasteiger partial charge in [-0.15, -0.1) is 0 Å². The van der Waals surface area contributed by atoms with Crippen LogP contribution in [-0.4, -0.2) is 17.1 Å². The molecule has 20 heavy (non-hydrogen) atoms. The maximum Gasteiger partial charge on any atom is 0.146 e. The molecule has 1 aromatic carbocycles. The second-order valence-electron chi connectivity index (χ2n) is 4.59. The molecule has 106 valence electrons. The van der Waals surface area contributed by atoms with Gasteiger partial charge >= 0.3 is 0 Å². The van der Waals surface area contributed by atoms with Crippen LogP contribution in [0.2, 0.25) is 0 Å². The fourth-order valence-corrected chi connectivity index (χ4v) is 2.14. The van der Waals surface area contributed by atoms with Gasteiger partial charge in [0, 0.05) is 17.7 Å². The standard InChI is InChI=1S/C15H20N4O/c1-4-13-10(2)15(19-16)18-14(17-13)9-11-6-5-7-12(8-11)20-3/h5-8H,4,9,16H2,1-3H3,(H,17,18,19). The predicted molar refractivity (Wildman–Crippen MR) is 79.8 cm³/mol. The zero-order chi connectivity index (χ0) is 14.5. The molecular weight excluding hydrogens is 252 g/mol. The average molecular weight is 272 g/mol. The normalized spacial score (nSPS) is 10.4. The van der Waals surface area contributed by atoms with Crippen LogP contribution in [0.25, 0.3) is 0 Å². The Bertz CT molecular complexity index is 573. The number of hydrogen-bond acceptors (Lipinski definition) is 5. The van der Waals surface area contributed by atoms with E-state index in [1.165, 1.54) is 0 Å². The van der Waals surface area contributed by atoms with Gasteiger partial charge < -0.3 is 10.2 Å². The number of nitrogen functional groups attached to an aromatic ring is 1. The molecule has 0 unspecified atom stereocenters. The van der Waals surface area contributed by atoms with Crippen molar-refractivity contribution in [3.63, 3.8) is 0 Å². The van der Waals surface area contributed by atoms with Crippen molar-refractivity contribution in [3.05, 3.63) is 46.9 Å². The molecule has 2 rings (SSSR count). The number of methoxy groups -OCH3 is 1. The highest BCUT2D eigenvalue weighted by Gasteiger charge is 2.09. The van der Waals surface area contributed by atoms with Gasteiger partial charge in [0.15, 0.2) is 0 Å². The number of hydrogen-bond donors (Lipinski definition) is 2. The topological polar surface area (TPSA) is 73.1 Å². The molecule has 0 amide bonds.